The molecule has 5 nitrogen and oxygen atoms in total. The number of hydrogen-bond donors (Lipinski definition) is 1. The summed E-state index contributed by atoms with van der Waals surface area (Å²) in [6, 6.07) is 4.87. The average Bonchev–Trinajstić information content (AvgIpc) is 2.81. The fourth-order valence-corrected chi connectivity index (χ4v) is 1.73. The second-order valence-electron chi connectivity index (χ2n) is 4.27. The highest BCUT2D eigenvalue weighted by molar-refractivity contribution is 5.99. The standard InChI is InChI=1S/C13H15NO4/c1-4-13(2,17-3)12-14-9-7-5-6-8(11(15)16)10(9)18-12/h5-7H,4H2,1-3H3,(H,15,16). The molecule has 2 rings (SSSR count). The minimum absolute atomic E-state index is 0.112. The Morgan fingerprint density at radius 3 is 2.83 bits per heavy atom. The fraction of sp³-hybridized carbons (Fsp3) is 0.385. The molecule has 0 saturated carbocycles. The summed E-state index contributed by atoms with van der Waals surface area (Å²) in [4.78, 5) is 15.4. The van der Waals surface area contributed by atoms with Gasteiger partial charge in [-0.15, -0.1) is 0 Å². The fourth-order valence-electron chi connectivity index (χ4n) is 1.73. The van der Waals surface area contributed by atoms with Crippen molar-refractivity contribution in [1.82, 2.24) is 4.98 Å². The van der Waals surface area contributed by atoms with E-state index in [1.54, 1.807) is 19.2 Å². The molecule has 0 fully saturated rings. The molecule has 1 aromatic carbocycles. The zero-order valence-corrected chi connectivity index (χ0v) is 10.6. The van der Waals surface area contributed by atoms with Crippen molar-refractivity contribution in [1.29, 1.82) is 0 Å². The number of nitrogens with zero attached hydrogens (tertiary/aromatic N) is 1. The van der Waals surface area contributed by atoms with Crippen molar-refractivity contribution in [3.05, 3.63) is 29.7 Å². The first-order chi connectivity index (χ1) is 8.51. The Morgan fingerprint density at radius 1 is 1.56 bits per heavy atom. The quantitative estimate of drug-likeness (QED) is 0.901. The summed E-state index contributed by atoms with van der Waals surface area (Å²) < 4.78 is 11.0. The van der Waals surface area contributed by atoms with Gasteiger partial charge in [-0.2, -0.15) is 0 Å². The van der Waals surface area contributed by atoms with E-state index < -0.39 is 11.6 Å². The molecule has 2 aromatic rings. The Bertz CT molecular complexity index is 584. The second-order valence-corrected chi connectivity index (χ2v) is 4.27. The van der Waals surface area contributed by atoms with Gasteiger partial charge in [-0.1, -0.05) is 13.0 Å². The molecule has 1 N–H and O–H groups in total. The summed E-state index contributed by atoms with van der Waals surface area (Å²) in [5, 5.41) is 9.09. The summed E-state index contributed by atoms with van der Waals surface area (Å²) in [7, 11) is 1.58. The van der Waals surface area contributed by atoms with Gasteiger partial charge in [0, 0.05) is 7.11 Å². The number of ether oxygens (including phenoxy) is 1. The van der Waals surface area contributed by atoms with Crippen LogP contribution >= 0.6 is 0 Å². The first kappa shape index (κ1) is 12.6. The van der Waals surface area contributed by atoms with Crippen LogP contribution in [0.25, 0.3) is 11.1 Å². The largest absolute Gasteiger partial charge is 0.478 e. The number of benzene rings is 1. The number of carbonyl (C=O) groups is 1. The molecule has 0 amide bonds. The zero-order valence-electron chi connectivity index (χ0n) is 10.6. The van der Waals surface area contributed by atoms with Gasteiger partial charge < -0.3 is 14.3 Å². The monoisotopic (exact) mass is 249 g/mol. The van der Waals surface area contributed by atoms with Crippen LogP contribution in [0.4, 0.5) is 0 Å². The highest BCUT2D eigenvalue weighted by Gasteiger charge is 2.30. The number of hydrogen-bond acceptors (Lipinski definition) is 4. The number of methoxy groups -OCH3 is 1. The number of para-hydroxylation sites is 1. The van der Waals surface area contributed by atoms with Crippen LogP contribution in [0.5, 0.6) is 0 Å². The zero-order chi connectivity index (χ0) is 13.3. The first-order valence-corrected chi connectivity index (χ1v) is 5.70. The minimum atomic E-state index is -1.03. The summed E-state index contributed by atoms with van der Waals surface area (Å²) >= 11 is 0. The average molecular weight is 249 g/mol. The molecule has 1 unspecified atom stereocenters. The Labute approximate surface area is 104 Å². The molecule has 0 aliphatic rings. The van der Waals surface area contributed by atoms with Crippen LogP contribution in [0.1, 0.15) is 36.5 Å². The summed E-state index contributed by atoms with van der Waals surface area (Å²) in [6.07, 6.45) is 0.679. The molecule has 96 valence electrons. The van der Waals surface area contributed by atoms with Crippen LogP contribution in [0.3, 0.4) is 0 Å². The van der Waals surface area contributed by atoms with Crippen molar-refractivity contribution in [2.45, 2.75) is 25.9 Å². The van der Waals surface area contributed by atoms with Gasteiger partial charge in [-0.25, -0.2) is 9.78 Å². The van der Waals surface area contributed by atoms with Crippen molar-refractivity contribution in [3.63, 3.8) is 0 Å². The third-order valence-electron chi connectivity index (χ3n) is 3.22. The SMILES string of the molecule is CCC(C)(OC)c1nc2cccc(C(=O)O)c2o1. The molecule has 0 saturated heterocycles. The van der Waals surface area contributed by atoms with E-state index in [-0.39, 0.29) is 11.1 Å². The van der Waals surface area contributed by atoms with Crippen molar-refractivity contribution >= 4 is 17.1 Å². The number of aromatic nitrogens is 1. The molecule has 1 heterocycles. The van der Waals surface area contributed by atoms with Gasteiger partial charge in [0.05, 0.1) is 0 Å². The Hall–Kier alpha value is -1.88. The number of carboxylic acids is 1. The topological polar surface area (TPSA) is 72.6 Å². The maximum absolute atomic E-state index is 11.1. The van der Waals surface area contributed by atoms with E-state index >= 15 is 0 Å². The number of carboxylic acid groups (broad SMARTS) is 1. The number of fused-ring (bicyclic) bond motifs is 1. The molecule has 5 heteroatoms. The van der Waals surface area contributed by atoms with Crippen LogP contribution in [0.15, 0.2) is 22.6 Å². The maximum Gasteiger partial charge on any atom is 0.339 e. The van der Waals surface area contributed by atoms with Gasteiger partial charge in [-0.3, -0.25) is 0 Å². The van der Waals surface area contributed by atoms with Gasteiger partial charge in [-0.05, 0) is 25.5 Å². The van der Waals surface area contributed by atoms with Crippen LogP contribution in [-0.4, -0.2) is 23.2 Å². The van der Waals surface area contributed by atoms with Gasteiger partial charge in [0.1, 0.15) is 16.7 Å². The van der Waals surface area contributed by atoms with E-state index in [9.17, 15) is 4.79 Å². The minimum Gasteiger partial charge on any atom is -0.478 e. The Kier molecular flexibility index (Phi) is 3.09. The van der Waals surface area contributed by atoms with Gasteiger partial charge in [0.2, 0.25) is 5.89 Å². The number of oxazole rings is 1. The van der Waals surface area contributed by atoms with Gasteiger partial charge in [0.25, 0.3) is 0 Å². The van der Waals surface area contributed by atoms with E-state index in [0.29, 0.717) is 17.8 Å². The van der Waals surface area contributed by atoms with E-state index in [4.69, 9.17) is 14.3 Å². The molecular weight excluding hydrogens is 234 g/mol. The molecule has 18 heavy (non-hydrogen) atoms. The van der Waals surface area contributed by atoms with Crippen LogP contribution < -0.4 is 0 Å². The Morgan fingerprint density at radius 2 is 2.28 bits per heavy atom. The Balaban J connectivity index is 2.64. The molecule has 0 aliphatic heterocycles. The van der Waals surface area contributed by atoms with E-state index in [1.807, 2.05) is 13.8 Å². The lowest BCUT2D eigenvalue weighted by atomic mass is 10.0. The maximum atomic E-state index is 11.1. The smallest absolute Gasteiger partial charge is 0.339 e. The molecule has 0 aliphatic carbocycles. The lowest BCUT2D eigenvalue weighted by molar-refractivity contribution is -0.0223. The van der Waals surface area contributed by atoms with Crippen LogP contribution in [0.2, 0.25) is 0 Å². The predicted molar refractivity (Wildman–Crippen MR) is 65.6 cm³/mol. The van der Waals surface area contributed by atoms with Gasteiger partial charge >= 0.3 is 5.97 Å². The predicted octanol–water partition coefficient (Wildman–Crippen LogP) is 2.80. The molecule has 0 radical (unpaired) electrons. The van der Waals surface area contributed by atoms with Crippen molar-refractivity contribution < 1.29 is 19.1 Å². The number of aromatic carboxylic acids is 1. The number of rotatable bonds is 4. The van der Waals surface area contributed by atoms with Crippen LogP contribution in [0, 0.1) is 0 Å². The van der Waals surface area contributed by atoms with E-state index in [2.05, 4.69) is 4.98 Å². The third-order valence-corrected chi connectivity index (χ3v) is 3.22. The summed E-state index contributed by atoms with van der Waals surface area (Å²) in [6.45, 7) is 3.81. The van der Waals surface area contributed by atoms with Crippen LogP contribution in [-0.2, 0) is 10.3 Å². The molecule has 0 bridgehead atoms. The van der Waals surface area contributed by atoms with E-state index in [1.165, 1.54) is 6.07 Å². The highest BCUT2D eigenvalue weighted by Crippen LogP contribution is 2.31. The summed E-state index contributed by atoms with van der Waals surface area (Å²) in [5.41, 5.74) is 0.286. The van der Waals surface area contributed by atoms with E-state index in [0.717, 1.165) is 0 Å². The lowest BCUT2D eigenvalue weighted by Gasteiger charge is -2.22. The second kappa shape index (κ2) is 4.42. The highest BCUT2D eigenvalue weighted by atomic mass is 16.5. The van der Waals surface area contributed by atoms with Crippen molar-refractivity contribution in [3.8, 4) is 0 Å². The normalized spacial score (nSPS) is 14.6. The van der Waals surface area contributed by atoms with Crippen molar-refractivity contribution in [2.75, 3.05) is 7.11 Å². The molecule has 1 aromatic heterocycles. The van der Waals surface area contributed by atoms with Crippen molar-refractivity contribution in [2.24, 2.45) is 0 Å². The molecule has 1 atom stereocenters. The molecule has 0 spiro atoms. The lowest BCUT2D eigenvalue weighted by Crippen LogP contribution is -2.23. The first-order valence-electron chi connectivity index (χ1n) is 5.70. The van der Waals surface area contributed by atoms with Gasteiger partial charge in [0.15, 0.2) is 5.58 Å². The molecular formula is C13H15NO4. The third kappa shape index (κ3) is 1.86. The summed E-state index contributed by atoms with van der Waals surface area (Å²) in [5.74, 6) is -0.630.